The lowest BCUT2D eigenvalue weighted by molar-refractivity contribution is 0.663. The molecule has 0 aromatic heterocycles. The minimum atomic E-state index is 0.367. The van der Waals surface area contributed by atoms with Crippen LogP contribution >= 0.6 is 0 Å². The summed E-state index contributed by atoms with van der Waals surface area (Å²) in [5.74, 6) is 0. The molecule has 0 spiro atoms. The highest BCUT2D eigenvalue weighted by molar-refractivity contribution is 5.44. The molecule has 1 aliphatic heterocycles. The number of rotatable bonds is 1. The highest BCUT2D eigenvalue weighted by atomic mass is 14.9. The van der Waals surface area contributed by atoms with Gasteiger partial charge in [0.1, 0.15) is 0 Å². The van der Waals surface area contributed by atoms with E-state index in [9.17, 15) is 0 Å². The Balaban J connectivity index is 2.10. The lowest BCUT2D eigenvalue weighted by atomic mass is 9.94. The molecule has 1 nitrogen and oxygen atoms in total. The van der Waals surface area contributed by atoms with E-state index in [-0.39, 0.29) is 0 Å². The molecule has 17 heavy (non-hydrogen) atoms. The lowest BCUT2D eigenvalue weighted by Crippen LogP contribution is -2.14. The molecule has 0 saturated carbocycles. The van der Waals surface area contributed by atoms with Crippen LogP contribution in [0.2, 0.25) is 0 Å². The lowest BCUT2D eigenvalue weighted by Gasteiger charge is -2.16. The van der Waals surface area contributed by atoms with Gasteiger partial charge in [0.15, 0.2) is 0 Å². The molecule has 1 heterocycles. The van der Waals surface area contributed by atoms with Crippen molar-refractivity contribution in [1.29, 1.82) is 0 Å². The quantitative estimate of drug-likeness (QED) is 0.780. The van der Waals surface area contributed by atoms with Gasteiger partial charge in [-0.15, -0.1) is 0 Å². The van der Waals surface area contributed by atoms with Crippen molar-refractivity contribution < 1.29 is 0 Å². The van der Waals surface area contributed by atoms with Gasteiger partial charge >= 0.3 is 0 Å². The summed E-state index contributed by atoms with van der Waals surface area (Å²) in [6.45, 7) is 5.33. The summed E-state index contributed by atoms with van der Waals surface area (Å²) in [7, 11) is 0. The zero-order valence-electron chi connectivity index (χ0n) is 10.3. The van der Waals surface area contributed by atoms with Crippen LogP contribution in [0.3, 0.4) is 0 Å². The van der Waals surface area contributed by atoms with Crippen LogP contribution in [-0.4, -0.2) is 0 Å². The summed E-state index contributed by atoms with van der Waals surface area (Å²) in [5.41, 5.74) is 6.97. The van der Waals surface area contributed by atoms with E-state index in [1.165, 1.54) is 27.8 Å². The van der Waals surface area contributed by atoms with Gasteiger partial charge in [-0.3, -0.25) is 0 Å². The molecule has 86 valence electrons. The first-order valence-corrected chi connectivity index (χ1v) is 6.14. The maximum absolute atomic E-state index is 3.61. The van der Waals surface area contributed by atoms with E-state index in [2.05, 4.69) is 61.6 Å². The SMILES string of the molecule is Cc1ccc(C)c(C2NCc3ccccc32)c1. The van der Waals surface area contributed by atoms with E-state index >= 15 is 0 Å². The van der Waals surface area contributed by atoms with E-state index in [0.29, 0.717) is 6.04 Å². The first-order chi connectivity index (χ1) is 8.25. The molecular weight excluding hydrogens is 206 g/mol. The third kappa shape index (κ3) is 1.77. The number of benzene rings is 2. The summed E-state index contributed by atoms with van der Waals surface area (Å²) < 4.78 is 0. The van der Waals surface area contributed by atoms with Crippen LogP contribution in [0.25, 0.3) is 0 Å². The molecule has 1 aliphatic rings. The van der Waals surface area contributed by atoms with E-state index in [4.69, 9.17) is 0 Å². The molecule has 0 amide bonds. The van der Waals surface area contributed by atoms with Crippen LogP contribution < -0.4 is 5.32 Å². The second-order valence-corrected chi connectivity index (χ2v) is 4.87. The average Bonchev–Trinajstić information content (AvgIpc) is 2.76. The van der Waals surface area contributed by atoms with E-state index in [0.717, 1.165) is 6.54 Å². The first kappa shape index (κ1) is 10.5. The minimum Gasteiger partial charge on any atom is -0.302 e. The Bertz CT molecular complexity index is 557. The van der Waals surface area contributed by atoms with Gasteiger partial charge in [-0.05, 0) is 36.1 Å². The maximum Gasteiger partial charge on any atom is 0.0585 e. The van der Waals surface area contributed by atoms with Crippen LogP contribution in [0, 0.1) is 13.8 Å². The highest BCUT2D eigenvalue weighted by Crippen LogP contribution is 2.32. The Labute approximate surface area is 102 Å². The largest absolute Gasteiger partial charge is 0.302 e. The predicted octanol–water partition coefficient (Wildman–Crippen LogP) is 3.50. The zero-order valence-corrected chi connectivity index (χ0v) is 10.3. The molecule has 3 rings (SSSR count). The number of hydrogen-bond acceptors (Lipinski definition) is 1. The molecule has 2 aromatic rings. The monoisotopic (exact) mass is 223 g/mol. The van der Waals surface area contributed by atoms with Crippen molar-refractivity contribution in [3.8, 4) is 0 Å². The third-order valence-corrected chi connectivity index (χ3v) is 3.61. The molecule has 2 aromatic carbocycles. The fourth-order valence-electron chi connectivity index (χ4n) is 2.65. The van der Waals surface area contributed by atoms with Crippen LogP contribution in [-0.2, 0) is 6.54 Å². The summed E-state index contributed by atoms with van der Waals surface area (Å²) in [4.78, 5) is 0. The van der Waals surface area contributed by atoms with Crippen LogP contribution in [0.5, 0.6) is 0 Å². The van der Waals surface area contributed by atoms with Gasteiger partial charge in [0.2, 0.25) is 0 Å². The van der Waals surface area contributed by atoms with Gasteiger partial charge in [0, 0.05) is 6.54 Å². The number of aryl methyl sites for hydroxylation is 2. The Kier molecular flexibility index (Phi) is 2.49. The average molecular weight is 223 g/mol. The summed E-state index contributed by atoms with van der Waals surface area (Å²) in [6.07, 6.45) is 0. The number of hydrogen-bond donors (Lipinski definition) is 1. The number of fused-ring (bicyclic) bond motifs is 1. The normalized spacial score (nSPS) is 18.1. The summed E-state index contributed by atoms with van der Waals surface area (Å²) in [6, 6.07) is 15.8. The molecule has 1 heteroatoms. The molecule has 0 bridgehead atoms. The molecule has 0 radical (unpaired) electrons. The van der Waals surface area contributed by atoms with Crippen LogP contribution in [0.4, 0.5) is 0 Å². The summed E-state index contributed by atoms with van der Waals surface area (Å²) >= 11 is 0. The van der Waals surface area contributed by atoms with Crippen molar-refractivity contribution in [3.05, 3.63) is 70.3 Å². The maximum atomic E-state index is 3.61. The van der Waals surface area contributed by atoms with Gasteiger partial charge < -0.3 is 5.32 Å². The molecule has 0 saturated heterocycles. The van der Waals surface area contributed by atoms with E-state index in [1.54, 1.807) is 0 Å². The van der Waals surface area contributed by atoms with E-state index < -0.39 is 0 Å². The molecular formula is C16H17N. The minimum absolute atomic E-state index is 0.367. The second-order valence-electron chi connectivity index (χ2n) is 4.87. The van der Waals surface area contributed by atoms with Gasteiger partial charge in [-0.25, -0.2) is 0 Å². The second kappa shape index (κ2) is 4.01. The molecule has 1 unspecified atom stereocenters. The van der Waals surface area contributed by atoms with Crippen molar-refractivity contribution in [2.24, 2.45) is 0 Å². The van der Waals surface area contributed by atoms with Crippen molar-refractivity contribution in [2.45, 2.75) is 26.4 Å². The summed E-state index contributed by atoms with van der Waals surface area (Å²) in [5, 5.41) is 3.61. The fraction of sp³-hybridized carbons (Fsp3) is 0.250. The predicted molar refractivity (Wildman–Crippen MR) is 71.0 cm³/mol. The van der Waals surface area contributed by atoms with Crippen molar-refractivity contribution >= 4 is 0 Å². The molecule has 0 aliphatic carbocycles. The Hall–Kier alpha value is -1.60. The number of nitrogens with one attached hydrogen (secondary N) is 1. The highest BCUT2D eigenvalue weighted by Gasteiger charge is 2.23. The standard InChI is InChI=1S/C16H17N/c1-11-7-8-12(2)15(9-11)16-14-6-4-3-5-13(14)10-17-16/h3-9,16-17H,10H2,1-2H3. The van der Waals surface area contributed by atoms with Gasteiger partial charge in [-0.2, -0.15) is 0 Å². The van der Waals surface area contributed by atoms with Crippen molar-refractivity contribution in [1.82, 2.24) is 5.32 Å². The van der Waals surface area contributed by atoms with Gasteiger partial charge in [0.25, 0.3) is 0 Å². The van der Waals surface area contributed by atoms with Crippen LogP contribution in [0.15, 0.2) is 42.5 Å². The third-order valence-electron chi connectivity index (χ3n) is 3.61. The smallest absolute Gasteiger partial charge is 0.0585 e. The van der Waals surface area contributed by atoms with Gasteiger partial charge in [-0.1, -0.05) is 48.0 Å². The Morgan fingerprint density at radius 2 is 1.82 bits per heavy atom. The molecule has 1 N–H and O–H groups in total. The van der Waals surface area contributed by atoms with Crippen molar-refractivity contribution in [3.63, 3.8) is 0 Å². The molecule has 1 atom stereocenters. The zero-order chi connectivity index (χ0) is 11.8. The van der Waals surface area contributed by atoms with Gasteiger partial charge in [0.05, 0.1) is 6.04 Å². The van der Waals surface area contributed by atoms with E-state index in [1.807, 2.05) is 0 Å². The first-order valence-electron chi connectivity index (χ1n) is 6.14. The topological polar surface area (TPSA) is 12.0 Å². The van der Waals surface area contributed by atoms with Crippen molar-refractivity contribution in [2.75, 3.05) is 0 Å². The molecule has 0 fully saturated rings. The Morgan fingerprint density at radius 3 is 2.71 bits per heavy atom. The Morgan fingerprint density at radius 1 is 1.00 bits per heavy atom. The van der Waals surface area contributed by atoms with Crippen LogP contribution in [0.1, 0.15) is 33.9 Å². The fourth-order valence-corrected chi connectivity index (χ4v) is 2.65.